The lowest BCUT2D eigenvalue weighted by Crippen LogP contribution is -2.37. The van der Waals surface area contributed by atoms with Gasteiger partial charge in [0, 0.05) is 19.1 Å². The Hall–Kier alpha value is -2.37. The average Bonchev–Trinajstić information content (AvgIpc) is 2.69. The Bertz CT molecular complexity index is 622. The summed E-state index contributed by atoms with van der Waals surface area (Å²) < 4.78 is 0. The van der Waals surface area contributed by atoms with Crippen LogP contribution >= 0.6 is 0 Å². The van der Waals surface area contributed by atoms with E-state index in [2.05, 4.69) is 78.3 Å². The van der Waals surface area contributed by atoms with E-state index in [1.54, 1.807) is 0 Å². The van der Waals surface area contributed by atoms with Crippen LogP contribution in [0.2, 0.25) is 0 Å². The van der Waals surface area contributed by atoms with Crippen LogP contribution in [-0.4, -0.2) is 22.1 Å². The number of hydrogen-bond donors (Lipinski definition) is 3. The number of rotatable bonds is 5. The first-order chi connectivity index (χ1) is 13.1. The predicted molar refractivity (Wildman–Crippen MR) is 109 cm³/mol. The first kappa shape index (κ1) is 20.9. The fourth-order valence-electron chi connectivity index (χ4n) is 3.68. The van der Waals surface area contributed by atoms with Gasteiger partial charge in [-0.3, -0.25) is 10.3 Å². The molecule has 1 amide bonds. The van der Waals surface area contributed by atoms with Crippen LogP contribution < -0.4 is 11.3 Å². The second-order valence-electron chi connectivity index (χ2n) is 7.25. The zero-order valence-electron chi connectivity index (χ0n) is 16.1. The van der Waals surface area contributed by atoms with Crippen LogP contribution in [0.25, 0.3) is 0 Å². The molecule has 0 aliphatic heterocycles. The van der Waals surface area contributed by atoms with Gasteiger partial charge in [0.25, 0.3) is 0 Å². The molecule has 0 heterocycles. The number of nitrogens with two attached hydrogens (primary N) is 1. The van der Waals surface area contributed by atoms with Gasteiger partial charge < -0.3 is 5.11 Å². The van der Waals surface area contributed by atoms with Gasteiger partial charge in [-0.15, -0.1) is 0 Å². The molecule has 2 unspecified atom stereocenters. The van der Waals surface area contributed by atoms with E-state index in [1.165, 1.54) is 42.2 Å². The zero-order valence-corrected chi connectivity index (χ0v) is 16.1. The molecule has 1 fully saturated rings. The Morgan fingerprint density at radius 1 is 1.04 bits per heavy atom. The lowest BCUT2D eigenvalue weighted by molar-refractivity contribution is 0.119. The molecule has 0 radical (unpaired) electrons. The maximum atomic E-state index is 9.13. The highest BCUT2D eigenvalue weighted by Crippen LogP contribution is 2.29. The molecule has 2 aromatic carbocycles. The van der Waals surface area contributed by atoms with Crippen molar-refractivity contribution in [2.45, 2.75) is 51.7 Å². The molecule has 2 atom stereocenters. The number of carbonyl (C=O) groups is 1. The number of benzene rings is 2. The molecule has 1 aliphatic carbocycles. The van der Waals surface area contributed by atoms with Crippen LogP contribution in [0.4, 0.5) is 4.79 Å². The first-order valence-electron chi connectivity index (χ1n) is 9.60. The highest BCUT2D eigenvalue weighted by Gasteiger charge is 2.24. The maximum absolute atomic E-state index is 9.13. The van der Waals surface area contributed by atoms with Crippen LogP contribution in [0.3, 0.4) is 0 Å². The number of amides is 1. The van der Waals surface area contributed by atoms with Gasteiger partial charge in [0.15, 0.2) is 0 Å². The van der Waals surface area contributed by atoms with Crippen molar-refractivity contribution in [1.82, 2.24) is 10.3 Å². The van der Waals surface area contributed by atoms with E-state index >= 15 is 0 Å². The molecule has 0 aromatic heterocycles. The van der Waals surface area contributed by atoms with Crippen molar-refractivity contribution in [2.75, 3.05) is 0 Å². The van der Waals surface area contributed by atoms with E-state index < -0.39 is 6.09 Å². The molecule has 1 aliphatic rings. The summed E-state index contributed by atoms with van der Waals surface area (Å²) in [7, 11) is 0. The summed E-state index contributed by atoms with van der Waals surface area (Å²) in [6.45, 7) is 4.54. The minimum atomic E-state index is -1.22. The minimum absolute atomic E-state index is 0.726. The maximum Gasteiger partial charge on any atom is 0.418 e. The molecule has 0 spiro atoms. The molecule has 2 aromatic rings. The van der Waals surface area contributed by atoms with Crippen LogP contribution in [0.5, 0.6) is 0 Å². The van der Waals surface area contributed by atoms with Gasteiger partial charge in [0.2, 0.25) is 0 Å². The summed E-state index contributed by atoms with van der Waals surface area (Å²) in [6, 6.07) is 22.6. The van der Waals surface area contributed by atoms with E-state index in [9.17, 15) is 0 Å². The van der Waals surface area contributed by atoms with E-state index in [4.69, 9.17) is 9.90 Å². The van der Waals surface area contributed by atoms with E-state index in [0.29, 0.717) is 0 Å². The van der Waals surface area contributed by atoms with Crippen LogP contribution in [0, 0.1) is 5.92 Å². The van der Waals surface area contributed by atoms with E-state index in [-0.39, 0.29) is 0 Å². The van der Waals surface area contributed by atoms with Gasteiger partial charge in [-0.2, -0.15) is 0 Å². The average molecular weight is 370 g/mol. The molecule has 5 heteroatoms. The van der Waals surface area contributed by atoms with Crippen molar-refractivity contribution in [3.63, 3.8) is 0 Å². The third-order valence-corrected chi connectivity index (χ3v) is 5.01. The topological polar surface area (TPSA) is 78.6 Å². The molecule has 0 bridgehead atoms. The lowest BCUT2D eigenvalue weighted by Gasteiger charge is -2.37. The molecular formula is C22H31N3O2. The normalized spacial score (nSPS) is 19.1. The smallest absolute Gasteiger partial charge is 0.418 e. The lowest BCUT2D eigenvalue weighted by atomic mass is 9.86. The Morgan fingerprint density at radius 2 is 1.52 bits per heavy atom. The third-order valence-electron chi connectivity index (χ3n) is 5.01. The van der Waals surface area contributed by atoms with Crippen molar-refractivity contribution in [1.29, 1.82) is 0 Å². The number of nitrogens with zero attached hydrogens (tertiary/aromatic N) is 1. The quantitative estimate of drug-likeness (QED) is 0.415. The number of carboxylic acid groups (broad SMARTS) is 1. The zero-order chi connectivity index (χ0) is 19.5. The second-order valence-corrected chi connectivity index (χ2v) is 7.25. The van der Waals surface area contributed by atoms with Crippen molar-refractivity contribution >= 4 is 6.09 Å². The highest BCUT2D eigenvalue weighted by molar-refractivity contribution is 5.63. The predicted octanol–water partition coefficient (Wildman–Crippen LogP) is 4.40. The van der Waals surface area contributed by atoms with Crippen molar-refractivity contribution in [3.8, 4) is 0 Å². The Morgan fingerprint density at radius 3 is 1.93 bits per heavy atom. The van der Waals surface area contributed by atoms with Crippen LogP contribution in [-0.2, 0) is 13.1 Å². The molecular weight excluding hydrogens is 338 g/mol. The summed E-state index contributed by atoms with van der Waals surface area (Å²) in [5.74, 6) is 5.19. The standard InChI is InChI=1S/C21H27N.CH4N2O2/c1-18-9-8-14-21(15-18)22(16-19-10-4-2-5-11-19)17-20-12-6-3-7-13-20;2-3-1(4)5/h2-7,10-13,18,21H,8-9,14-17H2,1H3;3H,2H2,(H,4,5). The molecule has 5 nitrogen and oxygen atoms in total. The largest absolute Gasteiger partial charge is 0.464 e. The fourth-order valence-corrected chi connectivity index (χ4v) is 3.68. The molecule has 1 saturated carbocycles. The first-order valence-corrected chi connectivity index (χ1v) is 9.60. The van der Waals surface area contributed by atoms with Crippen LogP contribution in [0.1, 0.15) is 43.7 Å². The number of hydrazine groups is 1. The summed E-state index contributed by atoms with van der Waals surface area (Å²) in [6.07, 6.45) is 4.27. The summed E-state index contributed by atoms with van der Waals surface area (Å²) in [4.78, 5) is 11.8. The van der Waals surface area contributed by atoms with E-state index in [0.717, 1.165) is 25.0 Å². The van der Waals surface area contributed by atoms with Crippen molar-refractivity contribution in [2.24, 2.45) is 11.8 Å². The molecule has 3 rings (SSSR count). The second kappa shape index (κ2) is 11.4. The van der Waals surface area contributed by atoms with Gasteiger partial charge >= 0.3 is 6.09 Å². The Balaban J connectivity index is 0.000000465. The molecule has 0 saturated heterocycles. The monoisotopic (exact) mass is 369 g/mol. The molecule has 146 valence electrons. The van der Waals surface area contributed by atoms with Gasteiger partial charge in [-0.25, -0.2) is 10.6 Å². The van der Waals surface area contributed by atoms with Gasteiger partial charge in [0.05, 0.1) is 0 Å². The summed E-state index contributed by atoms with van der Waals surface area (Å²) in [5.41, 5.74) is 4.30. The third kappa shape index (κ3) is 7.81. The van der Waals surface area contributed by atoms with Gasteiger partial charge in [-0.1, -0.05) is 80.4 Å². The molecule has 27 heavy (non-hydrogen) atoms. The van der Waals surface area contributed by atoms with Gasteiger partial charge in [-0.05, 0) is 29.9 Å². The van der Waals surface area contributed by atoms with Crippen LogP contribution in [0.15, 0.2) is 60.7 Å². The van der Waals surface area contributed by atoms with Crippen molar-refractivity contribution in [3.05, 3.63) is 71.8 Å². The summed E-state index contributed by atoms with van der Waals surface area (Å²) >= 11 is 0. The minimum Gasteiger partial charge on any atom is -0.464 e. The van der Waals surface area contributed by atoms with Gasteiger partial charge in [0.1, 0.15) is 0 Å². The SMILES string of the molecule is CC1CCCC(N(Cc2ccccc2)Cc2ccccc2)C1.NNC(=O)O. The van der Waals surface area contributed by atoms with E-state index in [1.807, 2.05) is 0 Å². The fraction of sp³-hybridized carbons (Fsp3) is 0.409. The van der Waals surface area contributed by atoms with Crippen molar-refractivity contribution < 1.29 is 9.90 Å². The summed E-state index contributed by atoms with van der Waals surface area (Å²) in [5, 5.41) is 7.49. The number of hydrogen-bond acceptors (Lipinski definition) is 3. The molecule has 4 N–H and O–H groups in total. The Labute approximate surface area is 162 Å². The number of nitrogens with one attached hydrogen (secondary N) is 1. The Kier molecular flexibility index (Phi) is 8.81. The highest BCUT2D eigenvalue weighted by atomic mass is 16.4.